The van der Waals surface area contributed by atoms with Gasteiger partial charge in [-0.2, -0.15) is 0 Å². The summed E-state index contributed by atoms with van der Waals surface area (Å²) in [5, 5.41) is 18.5. The second-order valence-corrected chi connectivity index (χ2v) is 4.31. The molecule has 0 aromatic heterocycles. The SMILES string of the molecule is CN(C=O)CCCOC1CC(O)CC(CO)O1. The van der Waals surface area contributed by atoms with E-state index >= 15 is 0 Å². The van der Waals surface area contributed by atoms with Gasteiger partial charge in [-0.25, -0.2) is 0 Å². The van der Waals surface area contributed by atoms with Crippen molar-refractivity contribution in [1.82, 2.24) is 4.90 Å². The van der Waals surface area contributed by atoms with E-state index in [1.165, 1.54) is 4.90 Å². The normalized spacial score (nSPS) is 29.0. The largest absolute Gasteiger partial charge is 0.394 e. The van der Waals surface area contributed by atoms with Crippen LogP contribution in [0.2, 0.25) is 0 Å². The standard InChI is InChI=1S/C11H21NO5/c1-12(8-14)3-2-4-16-11-6-9(15)5-10(7-13)17-11/h8-11,13,15H,2-7H2,1H3. The zero-order valence-electron chi connectivity index (χ0n) is 10.1. The van der Waals surface area contributed by atoms with Crippen LogP contribution in [0.25, 0.3) is 0 Å². The molecule has 6 nitrogen and oxygen atoms in total. The van der Waals surface area contributed by atoms with Crippen LogP contribution in [0.1, 0.15) is 19.3 Å². The van der Waals surface area contributed by atoms with Crippen LogP contribution in [0.15, 0.2) is 0 Å². The summed E-state index contributed by atoms with van der Waals surface area (Å²) in [7, 11) is 1.70. The van der Waals surface area contributed by atoms with Gasteiger partial charge < -0.3 is 24.6 Å². The van der Waals surface area contributed by atoms with E-state index in [1.54, 1.807) is 7.05 Å². The van der Waals surface area contributed by atoms with E-state index in [4.69, 9.17) is 14.6 Å². The Morgan fingerprint density at radius 2 is 2.29 bits per heavy atom. The van der Waals surface area contributed by atoms with Gasteiger partial charge in [-0.3, -0.25) is 4.79 Å². The van der Waals surface area contributed by atoms with Gasteiger partial charge >= 0.3 is 0 Å². The molecular formula is C11H21NO5. The van der Waals surface area contributed by atoms with Gasteiger partial charge in [0.25, 0.3) is 0 Å². The fraction of sp³-hybridized carbons (Fsp3) is 0.909. The predicted octanol–water partition coefficient (Wildman–Crippen LogP) is -0.660. The summed E-state index contributed by atoms with van der Waals surface area (Å²) in [6.45, 7) is 0.987. The quantitative estimate of drug-likeness (QED) is 0.461. The van der Waals surface area contributed by atoms with Crippen LogP contribution >= 0.6 is 0 Å². The molecule has 2 N–H and O–H groups in total. The highest BCUT2D eigenvalue weighted by atomic mass is 16.7. The first-order chi connectivity index (χ1) is 8.15. The number of aliphatic hydroxyl groups is 2. The van der Waals surface area contributed by atoms with Gasteiger partial charge in [0, 0.05) is 26.4 Å². The summed E-state index contributed by atoms with van der Waals surface area (Å²) >= 11 is 0. The second-order valence-electron chi connectivity index (χ2n) is 4.31. The zero-order chi connectivity index (χ0) is 12.7. The number of hydrogen-bond donors (Lipinski definition) is 2. The van der Waals surface area contributed by atoms with E-state index in [1.807, 2.05) is 0 Å². The van der Waals surface area contributed by atoms with Crippen molar-refractivity contribution in [1.29, 1.82) is 0 Å². The summed E-state index contributed by atoms with van der Waals surface area (Å²) in [6, 6.07) is 0. The van der Waals surface area contributed by atoms with Crippen molar-refractivity contribution in [2.75, 3.05) is 26.8 Å². The van der Waals surface area contributed by atoms with Crippen molar-refractivity contribution < 1.29 is 24.5 Å². The monoisotopic (exact) mass is 247 g/mol. The molecular weight excluding hydrogens is 226 g/mol. The average molecular weight is 247 g/mol. The molecule has 0 radical (unpaired) electrons. The third-order valence-corrected chi connectivity index (χ3v) is 2.69. The van der Waals surface area contributed by atoms with Gasteiger partial charge in [-0.05, 0) is 6.42 Å². The summed E-state index contributed by atoms with van der Waals surface area (Å²) in [6.07, 6.45) is 1.07. The Kier molecular flexibility index (Phi) is 6.43. The van der Waals surface area contributed by atoms with Gasteiger partial charge in [0.2, 0.25) is 6.41 Å². The van der Waals surface area contributed by atoms with Crippen LogP contribution in [0.5, 0.6) is 0 Å². The van der Waals surface area contributed by atoms with Gasteiger partial charge in [-0.15, -0.1) is 0 Å². The van der Waals surface area contributed by atoms with E-state index in [-0.39, 0.29) is 12.7 Å². The van der Waals surface area contributed by atoms with E-state index in [0.717, 1.165) is 12.8 Å². The van der Waals surface area contributed by atoms with E-state index in [9.17, 15) is 9.90 Å². The first kappa shape index (κ1) is 14.4. The van der Waals surface area contributed by atoms with Crippen LogP contribution < -0.4 is 0 Å². The fourth-order valence-electron chi connectivity index (χ4n) is 1.75. The predicted molar refractivity (Wildman–Crippen MR) is 60.3 cm³/mol. The molecule has 0 aromatic carbocycles. The number of rotatable bonds is 7. The molecule has 3 atom stereocenters. The minimum absolute atomic E-state index is 0.106. The molecule has 0 bridgehead atoms. The number of carbonyl (C=O) groups excluding carboxylic acids is 1. The summed E-state index contributed by atoms with van der Waals surface area (Å²) in [5.41, 5.74) is 0. The molecule has 1 saturated heterocycles. The topological polar surface area (TPSA) is 79.2 Å². The second kappa shape index (κ2) is 7.60. The van der Waals surface area contributed by atoms with Crippen molar-refractivity contribution in [3.8, 4) is 0 Å². The molecule has 1 rings (SSSR count). The molecule has 0 saturated carbocycles. The number of aliphatic hydroxyl groups excluding tert-OH is 2. The van der Waals surface area contributed by atoms with Gasteiger partial charge in [0.05, 0.1) is 25.4 Å². The van der Waals surface area contributed by atoms with Crippen molar-refractivity contribution >= 4 is 6.41 Å². The van der Waals surface area contributed by atoms with Gasteiger partial charge in [0.1, 0.15) is 0 Å². The van der Waals surface area contributed by atoms with Crippen LogP contribution in [-0.4, -0.2) is 66.8 Å². The van der Waals surface area contributed by atoms with Crippen LogP contribution in [0.3, 0.4) is 0 Å². The molecule has 1 aliphatic heterocycles. The maximum Gasteiger partial charge on any atom is 0.209 e. The Bertz CT molecular complexity index is 226. The third-order valence-electron chi connectivity index (χ3n) is 2.69. The lowest BCUT2D eigenvalue weighted by Crippen LogP contribution is -2.39. The molecule has 0 aromatic rings. The molecule has 17 heavy (non-hydrogen) atoms. The first-order valence-corrected chi connectivity index (χ1v) is 5.87. The molecule has 100 valence electrons. The van der Waals surface area contributed by atoms with E-state index in [2.05, 4.69) is 0 Å². The highest BCUT2D eigenvalue weighted by molar-refractivity contribution is 5.46. The molecule has 1 fully saturated rings. The molecule has 3 unspecified atom stereocenters. The van der Waals surface area contributed by atoms with Gasteiger partial charge in [-0.1, -0.05) is 0 Å². The Labute approximate surface area is 101 Å². The van der Waals surface area contributed by atoms with Crippen molar-refractivity contribution in [3.05, 3.63) is 0 Å². The maximum absolute atomic E-state index is 10.3. The first-order valence-electron chi connectivity index (χ1n) is 5.87. The lowest BCUT2D eigenvalue weighted by atomic mass is 10.1. The van der Waals surface area contributed by atoms with Crippen LogP contribution in [0, 0.1) is 0 Å². The number of amides is 1. The lowest BCUT2D eigenvalue weighted by Gasteiger charge is -2.32. The van der Waals surface area contributed by atoms with Crippen molar-refractivity contribution in [2.45, 2.75) is 37.8 Å². The molecule has 0 aliphatic carbocycles. The smallest absolute Gasteiger partial charge is 0.209 e. The summed E-state index contributed by atoms with van der Waals surface area (Å²) in [5.74, 6) is 0. The van der Waals surface area contributed by atoms with E-state index < -0.39 is 12.4 Å². The zero-order valence-corrected chi connectivity index (χ0v) is 10.1. The number of hydrogen-bond acceptors (Lipinski definition) is 5. The third kappa shape index (κ3) is 5.45. The van der Waals surface area contributed by atoms with Crippen molar-refractivity contribution in [2.24, 2.45) is 0 Å². The number of nitrogens with zero attached hydrogens (tertiary/aromatic N) is 1. The Morgan fingerprint density at radius 3 is 2.94 bits per heavy atom. The molecule has 1 heterocycles. The number of ether oxygens (including phenoxy) is 2. The fourth-order valence-corrected chi connectivity index (χ4v) is 1.75. The maximum atomic E-state index is 10.3. The average Bonchev–Trinajstić information content (AvgIpc) is 2.33. The molecule has 1 amide bonds. The minimum Gasteiger partial charge on any atom is -0.394 e. The highest BCUT2D eigenvalue weighted by Gasteiger charge is 2.28. The van der Waals surface area contributed by atoms with Crippen LogP contribution in [0.4, 0.5) is 0 Å². The Balaban J connectivity index is 2.15. The summed E-state index contributed by atoms with van der Waals surface area (Å²) in [4.78, 5) is 11.9. The Hall–Kier alpha value is -0.690. The molecule has 0 spiro atoms. The highest BCUT2D eigenvalue weighted by Crippen LogP contribution is 2.20. The van der Waals surface area contributed by atoms with E-state index in [0.29, 0.717) is 26.0 Å². The van der Waals surface area contributed by atoms with Crippen LogP contribution in [-0.2, 0) is 14.3 Å². The molecule has 6 heteroatoms. The van der Waals surface area contributed by atoms with Gasteiger partial charge in [0.15, 0.2) is 6.29 Å². The summed E-state index contributed by atoms with van der Waals surface area (Å²) < 4.78 is 10.9. The van der Waals surface area contributed by atoms with Crippen molar-refractivity contribution in [3.63, 3.8) is 0 Å². The Morgan fingerprint density at radius 1 is 1.53 bits per heavy atom. The molecule has 1 aliphatic rings. The minimum atomic E-state index is -0.483. The number of carbonyl (C=O) groups is 1. The lowest BCUT2D eigenvalue weighted by molar-refractivity contribution is -0.221.